The molecule has 0 saturated heterocycles. The lowest BCUT2D eigenvalue weighted by Gasteiger charge is -2.21. The Balaban J connectivity index is 2.48. The summed E-state index contributed by atoms with van der Waals surface area (Å²) in [6, 6.07) is 7.96. The fraction of sp³-hybridized carbons (Fsp3) is 0.417. The lowest BCUT2D eigenvalue weighted by molar-refractivity contribution is -0.282. The molecule has 1 aromatic rings. The van der Waals surface area contributed by atoms with Gasteiger partial charge in [0.1, 0.15) is 19.0 Å². The van der Waals surface area contributed by atoms with Gasteiger partial charge in [0.25, 0.3) is 0 Å². The number of ether oxygens (including phenoxy) is 2. The summed E-state index contributed by atoms with van der Waals surface area (Å²) in [5.41, 5.74) is 0. The van der Waals surface area contributed by atoms with E-state index in [0.29, 0.717) is 5.75 Å². The molecule has 0 spiro atoms. The van der Waals surface area contributed by atoms with E-state index in [1.165, 1.54) is 12.1 Å². The Hall–Kier alpha value is -1.93. The number of carbonyl (C=O) groups is 1. The van der Waals surface area contributed by atoms with Gasteiger partial charge in [-0.3, -0.25) is 4.79 Å². The Morgan fingerprint density at radius 1 is 0.952 bits per heavy atom. The summed E-state index contributed by atoms with van der Waals surface area (Å²) >= 11 is 0. The van der Waals surface area contributed by atoms with E-state index in [0.717, 1.165) is 0 Å². The highest BCUT2D eigenvalue weighted by Gasteiger charge is 2.62. The zero-order chi connectivity index (χ0) is 16.1. The smallest absolute Gasteiger partial charge is 0.411 e. The first-order valence-corrected chi connectivity index (χ1v) is 5.60. The zero-order valence-electron chi connectivity index (χ0n) is 10.4. The maximum Gasteiger partial charge on any atom is 0.411 e. The second kappa shape index (κ2) is 6.68. The molecular formula is C12H10F6O3. The Morgan fingerprint density at radius 3 is 1.95 bits per heavy atom. The number of halogens is 6. The Kier molecular flexibility index (Phi) is 5.45. The average Bonchev–Trinajstić information content (AvgIpc) is 2.32. The number of alkyl halides is 6. The van der Waals surface area contributed by atoms with Crippen LogP contribution in [0.5, 0.6) is 5.75 Å². The molecule has 0 N–H and O–H groups in total. The largest absolute Gasteiger partial charge is 0.490 e. The molecule has 0 radical (unpaired) electrons. The third-order valence-electron chi connectivity index (χ3n) is 2.23. The molecule has 1 aromatic carbocycles. The predicted octanol–water partition coefficient (Wildman–Crippen LogP) is 3.35. The summed E-state index contributed by atoms with van der Waals surface area (Å²) in [6.07, 6.45) is -11.5. The van der Waals surface area contributed by atoms with Crippen molar-refractivity contribution in [1.82, 2.24) is 0 Å². The molecule has 0 bridgehead atoms. The topological polar surface area (TPSA) is 35.5 Å². The van der Waals surface area contributed by atoms with Crippen molar-refractivity contribution in [3.63, 3.8) is 0 Å². The zero-order valence-corrected chi connectivity index (χ0v) is 10.4. The van der Waals surface area contributed by atoms with Gasteiger partial charge in [-0.05, 0) is 12.1 Å². The molecule has 0 aromatic heterocycles. The average molecular weight is 316 g/mol. The fourth-order valence-electron chi connectivity index (χ4n) is 1.35. The number of benzene rings is 1. The van der Waals surface area contributed by atoms with Gasteiger partial charge in [-0.25, -0.2) is 0 Å². The van der Waals surface area contributed by atoms with Crippen molar-refractivity contribution in [2.75, 3.05) is 13.2 Å². The molecule has 0 aliphatic rings. The molecular weight excluding hydrogens is 306 g/mol. The number of esters is 1. The first-order valence-electron chi connectivity index (χ1n) is 5.60. The van der Waals surface area contributed by atoms with Gasteiger partial charge >= 0.3 is 18.3 Å². The SMILES string of the molecule is O=C(OCCOc1ccccc1)C(C(F)(F)F)C(F)(F)F. The van der Waals surface area contributed by atoms with E-state index < -0.39 is 30.8 Å². The highest BCUT2D eigenvalue weighted by atomic mass is 19.4. The third-order valence-corrected chi connectivity index (χ3v) is 2.23. The molecule has 0 aliphatic carbocycles. The molecule has 9 heteroatoms. The highest BCUT2D eigenvalue weighted by Crippen LogP contribution is 2.39. The van der Waals surface area contributed by atoms with Gasteiger partial charge in [0, 0.05) is 0 Å². The number of rotatable bonds is 5. The van der Waals surface area contributed by atoms with Gasteiger partial charge in [-0.2, -0.15) is 26.3 Å². The van der Waals surface area contributed by atoms with Gasteiger partial charge in [-0.15, -0.1) is 0 Å². The van der Waals surface area contributed by atoms with E-state index in [2.05, 4.69) is 4.74 Å². The van der Waals surface area contributed by atoms with Gasteiger partial charge in [0.15, 0.2) is 0 Å². The maximum atomic E-state index is 12.2. The Labute approximate surface area is 115 Å². The van der Waals surface area contributed by atoms with Crippen LogP contribution in [0.25, 0.3) is 0 Å². The lowest BCUT2D eigenvalue weighted by atomic mass is 10.1. The monoisotopic (exact) mass is 316 g/mol. The molecule has 1 rings (SSSR count). The van der Waals surface area contributed by atoms with E-state index in [1.807, 2.05) is 0 Å². The van der Waals surface area contributed by atoms with Crippen molar-refractivity contribution in [2.45, 2.75) is 12.4 Å². The van der Waals surface area contributed by atoms with Crippen LogP contribution in [0.2, 0.25) is 0 Å². The quantitative estimate of drug-likeness (QED) is 0.475. The van der Waals surface area contributed by atoms with Crippen LogP contribution in [0.15, 0.2) is 30.3 Å². The summed E-state index contributed by atoms with van der Waals surface area (Å²) < 4.78 is 82.1. The molecule has 0 amide bonds. The number of carbonyl (C=O) groups excluding carboxylic acids is 1. The Morgan fingerprint density at radius 2 is 1.48 bits per heavy atom. The van der Waals surface area contributed by atoms with E-state index >= 15 is 0 Å². The second-order valence-electron chi connectivity index (χ2n) is 3.85. The van der Waals surface area contributed by atoms with Crippen LogP contribution in [0.1, 0.15) is 0 Å². The number of hydrogen-bond acceptors (Lipinski definition) is 3. The molecule has 3 nitrogen and oxygen atoms in total. The fourth-order valence-corrected chi connectivity index (χ4v) is 1.35. The van der Waals surface area contributed by atoms with E-state index in [-0.39, 0.29) is 6.61 Å². The minimum atomic E-state index is -5.75. The van der Waals surface area contributed by atoms with Gasteiger partial charge < -0.3 is 9.47 Å². The number of hydrogen-bond donors (Lipinski definition) is 0. The van der Waals surface area contributed by atoms with Crippen LogP contribution in [0.3, 0.4) is 0 Å². The van der Waals surface area contributed by atoms with Gasteiger partial charge in [0.05, 0.1) is 0 Å². The summed E-state index contributed by atoms with van der Waals surface area (Å²) in [6.45, 7) is -1.09. The standard InChI is InChI=1S/C12H10F6O3/c13-11(14,15)9(12(16,17)18)10(19)21-7-6-20-8-4-2-1-3-5-8/h1-5,9H,6-7H2. The molecule has 0 fully saturated rings. The van der Waals surface area contributed by atoms with Gasteiger partial charge in [0.2, 0.25) is 5.92 Å². The predicted molar refractivity (Wildman–Crippen MR) is 58.5 cm³/mol. The highest BCUT2D eigenvalue weighted by molar-refractivity contribution is 5.74. The summed E-state index contributed by atoms with van der Waals surface area (Å²) in [7, 11) is 0. The van der Waals surface area contributed by atoms with Crippen LogP contribution >= 0.6 is 0 Å². The van der Waals surface area contributed by atoms with Crippen molar-refractivity contribution in [1.29, 1.82) is 0 Å². The molecule has 0 heterocycles. The molecule has 0 aliphatic heterocycles. The molecule has 21 heavy (non-hydrogen) atoms. The van der Waals surface area contributed by atoms with E-state index in [1.54, 1.807) is 18.2 Å². The van der Waals surface area contributed by atoms with Crippen LogP contribution in [0, 0.1) is 5.92 Å². The van der Waals surface area contributed by atoms with E-state index in [4.69, 9.17) is 4.74 Å². The van der Waals surface area contributed by atoms with Crippen LogP contribution < -0.4 is 4.74 Å². The van der Waals surface area contributed by atoms with Crippen molar-refractivity contribution in [2.24, 2.45) is 5.92 Å². The molecule has 0 saturated carbocycles. The van der Waals surface area contributed by atoms with Crippen molar-refractivity contribution in [3.8, 4) is 5.75 Å². The summed E-state index contributed by atoms with van der Waals surface area (Å²) in [5, 5.41) is 0. The van der Waals surface area contributed by atoms with Gasteiger partial charge in [-0.1, -0.05) is 18.2 Å². The Bertz CT molecular complexity index is 440. The summed E-state index contributed by atoms with van der Waals surface area (Å²) in [4.78, 5) is 10.9. The first-order chi connectivity index (χ1) is 9.62. The van der Waals surface area contributed by atoms with Crippen LogP contribution in [-0.2, 0) is 9.53 Å². The molecule has 118 valence electrons. The van der Waals surface area contributed by atoms with Crippen molar-refractivity contribution >= 4 is 5.97 Å². The van der Waals surface area contributed by atoms with E-state index in [9.17, 15) is 31.1 Å². The normalized spacial score (nSPS) is 12.3. The van der Waals surface area contributed by atoms with Crippen molar-refractivity contribution in [3.05, 3.63) is 30.3 Å². The maximum absolute atomic E-state index is 12.2. The summed E-state index contributed by atoms with van der Waals surface area (Å²) in [5.74, 6) is -6.20. The molecule has 0 unspecified atom stereocenters. The second-order valence-corrected chi connectivity index (χ2v) is 3.85. The van der Waals surface area contributed by atoms with Crippen LogP contribution in [0.4, 0.5) is 26.3 Å². The minimum Gasteiger partial charge on any atom is -0.490 e. The van der Waals surface area contributed by atoms with Crippen LogP contribution in [-0.4, -0.2) is 31.5 Å². The minimum absolute atomic E-state index is 0.344. The number of para-hydroxylation sites is 1. The molecule has 0 atom stereocenters. The van der Waals surface area contributed by atoms with Crippen molar-refractivity contribution < 1.29 is 40.6 Å². The first kappa shape index (κ1) is 17.1. The third kappa shape index (κ3) is 5.52. The lowest BCUT2D eigenvalue weighted by Crippen LogP contribution is -2.43.